The molecule has 41 heavy (non-hydrogen) atoms. The van der Waals surface area contributed by atoms with Crippen LogP contribution in [0.2, 0.25) is 0 Å². The lowest BCUT2D eigenvalue weighted by Crippen LogP contribution is -2.57. The van der Waals surface area contributed by atoms with E-state index in [-0.39, 0.29) is 6.71 Å². The number of anilines is 3. The van der Waals surface area contributed by atoms with Gasteiger partial charge >= 0.3 is 0 Å². The zero-order chi connectivity index (χ0) is 26.9. The lowest BCUT2D eigenvalue weighted by molar-refractivity contribution is 0.464. The normalized spacial score (nSPS) is 12.7. The fourth-order valence-electron chi connectivity index (χ4n) is 6.38. The number of furan rings is 1. The fraction of sp³-hybridized carbons (Fsp3) is 0. The number of hydrogen-bond donors (Lipinski definition) is 0. The first-order valence-corrected chi connectivity index (χ1v) is 13.8. The molecule has 7 aromatic rings. The molecule has 0 aliphatic carbocycles. The lowest BCUT2D eigenvalue weighted by atomic mass is 9.35. The Morgan fingerprint density at radius 2 is 1.10 bits per heavy atom. The lowest BCUT2D eigenvalue weighted by Gasteiger charge is -2.34. The van der Waals surface area contributed by atoms with Gasteiger partial charge in [0.1, 0.15) is 34.2 Å². The first-order chi connectivity index (χ1) is 20.3. The molecule has 192 valence electrons. The van der Waals surface area contributed by atoms with Crippen LogP contribution in [0.25, 0.3) is 21.9 Å². The molecular formula is C36H22BNO3. The number of benzene rings is 6. The van der Waals surface area contributed by atoms with Gasteiger partial charge in [0.25, 0.3) is 6.71 Å². The molecule has 0 N–H and O–H groups in total. The average molecular weight is 527 g/mol. The summed E-state index contributed by atoms with van der Waals surface area (Å²) in [5.41, 5.74) is 8.21. The van der Waals surface area contributed by atoms with Crippen LogP contribution in [-0.2, 0) is 0 Å². The summed E-state index contributed by atoms with van der Waals surface area (Å²) in [5.74, 6) is 3.31. The molecule has 0 saturated heterocycles. The molecule has 0 unspecified atom stereocenters. The van der Waals surface area contributed by atoms with E-state index in [9.17, 15) is 0 Å². The van der Waals surface area contributed by atoms with Gasteiger partial charge in [-0.15, -0.1) is 0 Å². The highest BCUT2D eigenvalue weighted by Crippen LogP contribution is 2.40. The summed E-state index contributed by atoms with van der Waals surface area (Å²) in [7, 11) is 0. The highest BCUT2D eigenvalue weighted by molar-refractivity contribution is 6.98. The third-order valence-corrected chi connectivity index (χ3v) is 8.17. The van der Waals surface area contributed by atoms with E-state index < -0.39 is 0 Å². The van der Waals surface area contributed by atoms with Crippen LogP contribution in [-0.4, -0.2) is 6.71 Å². The van der Waals surface area contributed by atoms with Gasteiger partial charge in [-0.25, -0.2) is 0 Å². The van der Waals surface area contributed by atoms with E-state index in [1.807, 2.05) is 48.5 Å². The quantitative estimate of drug-likeness (QED) is 0.220. The van der Waals surface area contributed by atoms with Gasteiger partial charge in [-0.2, -0.15) is 0 Å². The molecule has 6 aromatic carbocycles. The van der Waals surface area contributed by atoms with Gasteiger partial charge in [-0.05, 0) is 59.5 Å². The van der Waals surface area contributed by atoms with Crippen molar-refractivity contribution in [2.24, 2.45) is 0 Å². The summed E-state index contributed by atoms with van der Waals surface area (Å²) < 4.78 is 19.3. The minimum atomic E-state index is -0.0253. The maximum atomic E-state index is 6.62. The van der Waals surface area contributed by atoms with E-state index in [0.717, 1.165) is 78.4 Å². The van der Waals surface area contributed by atoms with Crippen LogP contribution in [0.3, 0.4) is 0 Å². The number of para-hydroxylation sites is 3. The number of hydrogen-bond acceptors (Lipinski definition) is 4. The Kier molecular flexibility index (Phi) is 4.67. The molecular weight excluding hydrogens is 505 g/mol. The van der Waals surface area contributed by atoms with Crippen molar-refractivity contribution in [3.8, 4) is 23.0 Å². The molecule has 9 rings (SSSR count). The second-order valence-corrected chi connectivity index (χ2v) is 10.5. The van der Waals surface area contributed by atoms with Crippen LogP contribution in [0.15, 0.2) is 138 Å². The monoisotopic (exact) mass is 527 g/mol. The SMILES string of the molecule is c1ccc(N(c2ccccc2)c2ccc3c(c2)Oc2cccc4c2B3c2cc3c(cc2O4)oc2ccccc23)cc1. The van der Waals surface area contributed by atoms with Gasteiger partial charge < -0.3 is 18.8 Å². The molecule has 4 nitrogen and oxygen atoms in total. The summed E-state index contributed by atoms with van der Waals surface area (Å²) in [6.45, 7) is -0.0253. The summed E-state index contributed by atoms with van der Waals surface area (Å²) in [6.07, 6.45) is 0. The van der Waals surface area contributed by atoms with Crippen molar-refractivity contribution in [1.29, 1.82) is 0 Å². The molecule has 0 radical (unpaired) electrons. The Morgan fingerprint density at radius 3 is 1.83 bits per heavy atom. The molecule has 5 heteroatoms. The van der Waals surface area contributed by atoms with Crippen LogP contribution in [0, 0.1) is 0 Å². The smallest absolute Gasteiger partial charge is 0.260 e. The summed E-state index contributed by atoms with van der Waals surface area (Å²) in [4.78, 5) is 2.26. The topological polar surface area (TPSA) is 34.8 Å². The van der Waals surface area contributed by atoms with Gasteiger partial charge in [0, 0.05) is 45.4 Å². The largest absolute Gasteiger partial charge is 0.458 e. The van der Waals surface area contributed by atoms with Crippen molar-refractivity contribution >= 4 is 62.1 Å². The predicted octanol–water partition coefficient (Wildman–Crippen LogP) is 7.78. The maximum Gasteiger partial charge on any atom is 0.260 e. The van der Waals surface area contributed by atoms with Crippen LogP contribution >= 0.6 is 0 Å². The second kappa shape index (κ2) is 8.54. The standard InChI is InChI=1S/C36H22BNO3/c1-3-10-23(11-4-1)38(24-12-5-2-6-13-24)25-18-19-28-34(20-25)40-31-16-9-17-32-36(31)37(28)29-21-27-26-14-7-8-15-30(26)39-33(27)22-35(29)41-32/h1-22H. The maximum absolute atomic E-state index is 6.62. The molecule has 0 saturated carbocycles. The van der Waals surface area contributed by atoms with Gasteiger partial charge in [0.05, 0.1) is 0 Å². The molecule has 0 amide bonds. The molecule has 3 heterocycles. The van der Waals surface area contributed by atoms with Crippen LogP contribution < -0.4 is 30.8 Å². The highest BCUT2D eigenvalue weighted by Gasteiger charge is 2.40. The first-order valence-electron chi connectivity index (χ1n) is 13.8. The Morgan fingerprint density at radius 1 is 0.439 bits per heavy atom. The number of nitrogens with zero attached hydrogens (tertiary/aromatic N) is 1. The Labute approximate surface area is 237 Å². The number of rotatable bonds is 3. The van der Waals surface area contributed by atoms with Gasteiger partial charge in [-0.3, -0.25) is 0 Å². The van der Waals surface area contributed by atoms with Crippen molar-refractivity contribution in [1.82, 2.24) is 0 Å². The molecule has 0 atom stereocenters. The van der Waals surface area contributed by atoms with E-state index in [1.54, 1.807) is 0 Å². The van der Waals surface area contributed by atoms with Crippen LogP contribution in [0.4, 0.5) is 17.1 Å². The fourth-order valence-corrected chi connectivity index (χ4v) is 6.38. The Balaban J connectivity index is 1.25. The molecule has 0 spiro atoms. The molecule has 2 aliphatic heterocycles. The minimum absolute atomic E-state index is 0.0253. The van der Waals surface area contributed by atoms with E-state index >= 15 is 0 Å². The minimum Gasteiger partial charge on any atom is -0.458 e. The summed E-state index contributed by atoms with van der Waals surface area (Å²) in [5, 5.41) is 2.20. The van der Waals surface area contributed by atoms with E-state index in [1.165, 1.54) is 0 Å². The van der Waals surface area contributed by atoms with Crippen molar-refractivity contribution in [2.45, 2.75) is 0 Å². The molecule has 2 aliphatic rings. The first kappa shape index (κ1) is 22.4. The van der Waals surface area contributed by atoms with E-state index in [4.69, 9.17) is 13.9 Å². The third kappa shape index (κ3) is 3.36. The Hall–Kier alpha value is -5.42. The van der Waals surface area contributed by atoms with Crippen molar-refractivity contribution in [2.75, 3.05) is 4.90 Å². The predicted molar refractivity (Wildman–Crippen MR) is 166 cm³/mol. The zero-order valence-electron chi connectivity index (χ0n) is 22.0. The average Bonchev–Trinajstić information content (AvgIpc) is 3.38. The van der Waals surface area contributed by atoms with Crippen molar-refractivity contribution in [3.05, 3.63) is 133 Å². The zero-order valence-corrected chi connectivity index (χ0v) is 22.0. The van der Waals surface area contributed by atoms with Gasteiger partial charge in [-0.1, -0.05) is 72.8 Å². The van der Waals surface area contributed by atoms with E-state index in [0.29, 0.717) is 0 Å². The van der Waals surface area contributed by atoms with Crippen LogP contribution in [0.1, 0.15) is 0 Å². The summed E-state index contributed by atoms with van der Waals surface area (Å²) in [6, 6.07) is 45.9. The third-order valence-electron chi connectivity index (χ3n) is 8.17. The summed E-state index contributed by atoms with van der Waals surface area (Å²) >= 11 is 0. The van der Waals surface area contributed by atoms with Crippen molar-refractivity contribution in [3.63, 3.8) is 0 Å². The molecule has 1 aromatic heterocycles. The van der Waals surface area contributed by atoms with Gasteiger partial charge in [0.15, 0.2) is 0 Å². The number of ether oxygens (including phenoxy) is 2. The number of fused-ring (bicyclic) bond motifs is 7. The highest BCUT2D eigenvalue weighted by atomic mass is 16.5. The van der Waals surface area contributed by atoms with Crippen LogP contribution in [0.5, 0.6) is 23.0 Å². The molecule has 0 bridgehead atoms. The second-order valence-electron chi connectivity index (χ2n) is 10.5. The van der Waals surface area contributed by atoms with Crippen molar-refractivity contribution < 1.29 is 13.9 Å². The van der Waals surface area contributed by atoms with Gasteiger partial charge in [0.2, 0.25) is 0 Å². The molecule has 0 fully saturated rings. The Bertz CT molecular complexity index is 2080. The van der Waals surface area contributed by atoms with E-state index in [2.05, 4.69) is 89.8 Å².